The minimum Gasteiger partial charge on any atom is -0.508 e. The molecule has 0 aromatic heterocycles. The summed E-state index contributed by atoms with van der Waals surface area (Å²) in [6, 6.07) is 19.4. The summed E-state index contributed by atoms with van der Waals surface area (Å²) >= 11 is 8.57. The predicted molar refractivity (Wildman–Crippen MR) is 135 cm³/mol. The molecule has 3 rings (SSSR count). The Hall–Kier alpha value is -3.02. The van der Waals surface area contributed by atoms with Gasteiger partial charge in [-0.2, -0.15) is 5.26 Å². The van der Waals surface area contributed by atoms with E-state index in [1.807, 2.05) is 49.4 Å². The van der Waals surface area contributed by atoms with Crippen molar-refractivity contribution < 1.29 is 14.6 Å². The summed E-state index contributed by atoms with van der Waals surface area (Å²) in [5, 5.41) is 22.2. The number of carbonyl (C=O) groups excluding carboxylic acids is 1. The Morgan fingerprint density at radius 2 is 1.94 bits per heavy atom. The minimum atomic E-state index is -0.536. The topological polar surface area (TPSA) is 82.3 Å². The molecule has 3 aromatic rings. The number of halogens is 2. The fourth-order valence-corrected chi connectivity index (χ4v) is 4.08. The van der Waals surface area contributed by atoms with Crippen LogP contribution in [0.4, 0.5) is 5.69 Å². The van der Waals surface area contributed by atoms with Gasteiger partial charge in [-0.25, -0.2) is 0 Å². The third-order valence-electron chi connectivity index (χ3n) is 4.60. The second-order valence-electron chi connectivity index (χ2n) is 6.85. The van der Waals surface area contributed by atoms with Gasteiger partial charge in [0, 0.05) is 26.3 Å². The first-order valence-corrected chi connectivity index (χ1v) is 11.3. The van der Waals surface area contributed by atoms with Gasteiger partial charge in [-0.15, -0.1) is 0 Å². The van der Waals surface area contributed by atoms with Gasteiger partial charge in [0.25, 0.3) is 5.91 Å². The van der Waals surface area contributed by atoms with Crippen molar-refractivity contribution in [1.82, 2.24) is 0 Å². The fraction of sp³-hybridized carbons (Fsp3) is 0.120. The van der Waals surface area contributed by atoms with Crippen LogP contribution in [0.3, 0.4) is 0 Å². The minimum absolute atomic E-state index is 0.0461. The van der Waals surface area contributed by atoms with Gasteiger partial charge in [0.1, 0.15) is 23.1 Å². The first-order chi connectivity index (χ1) is 15.4. The highest BCUT2D eigenvalue weighted by Crippen LogP contribution is 2.31. The molecule has 5 nitrogen and oxygen atoms in total. The molecule has 1 amide bonds. The third kappa shape index (κ3) is 6.02. The SMILES string of the molecule is CCOc1cc(/C=C(\C#N)C(=O)Nc2ccc(O)cc2)cc(I)c1Cc1ccccc1Cl. The highest BCUT2D eigenvalue weighted by molar-refractivity contribution is 14.1. The van der Waals surface area contributed by atoms with Crippen LogP contribution < -0.4 is 10.1 Å². The number of nitriles is 1. The van der Waals surface area contributed by atoms with Crippen molar-refractivity contribution in [3.63, 3.8) is 0 Å². The average Bonchev–Trinajstić information content (AvgIpc) is 2.77. The van der Waals surface area contributed by atoms with Gasteiger partial charge in [0.05, 0.1) is 6.61 Å². The van der Waals surface area contributed by atoms with Crippen LogP contribution >= 0.6 is 34.2 Å². The van der Waals surface area contributed by atoms with E-state index in [-0.39, 0.29) is 11.3 Å². The van der Waals surface area contributed by atoms with E-state index in [4.69, 9.17) is 16.3 Å². The van der Waals surface area contributed by atoms with Crippen LogP contribution in [-0.2, 0) is 11.2 Å². The fourth-order valence-electron chi connectivity index (χ4n) is 3.06. The Morgan fingerprint density at radius 1 is 1.22 bits per heavy atom. The zero-order valence-electron chi connectivity index (χ0n) is 17.2. The number of rotatable bonds is 7. The molecule has 0 aliphatic rings. The summed E-state index contributed by atoms with van der Waals surface area (Å²) in [5.41, 5.74) is 3.09. The van der Waals surface area contributed by atoms with Crippen molar-refractivity contribution in [2.75, 3.05) is 11.9 Å². The molecule has 2 N–H and O–H groups in total. The number of hydrogen-bond donors (Lipinski definition) is 2. The maximum Gasteiger partial charge on any atom is 0.266 e. The molecule has 0 atom stereocenters. The van der Waals surface area contributed by atoms with Gasteiger partial charge in [0.2, 0.25) is 0 Å². The Balaban J connectivity index is 1.91. The molecule has 0 saturated carbocycles. The molecule has 0 unspecified atom stereocenters. The molecule has 0 aliphatic carbocycles. The van der Waals surface area contributed by atoms with Gasteiger partial charge < -0.3 is 15.2 Å². The number of phenolic OH excluding ortho intramolecular Hbond substituents is 1. The first kappa shape index (κ1) is 23.6. The number of phenols is 1. The maximum atomic E-state index is 12.6. The summed E-state index contributed by atoms with van der Waals surface area (Å²) in [6.07, 6.45) is 2.13. The molecule has 0 saturated heterocycles. The van der Waals surface area contributed by atoms with Crippen molar-refractivity contribution in [2.45, 2.75) is 13.3 Å². The van der Waals surface area contributed by atoms with Gasteiger partial charge in [0.15, 0.2) is 0 Å². The van der Waals surface area contributed by atoms with Gasteiger partial charge >= 0.3 is 0 Å². The number of anilines is 1. The van der Waals surface area contributed by atoms with Crippen LogP contribution in [0, 0.1) is 14.9 Å². The van der Waals surface area contributed by atoms with Crippen LogP contribution in [0.25, 0.3) is 6.08 Å². The zero-order chi connectivity index (χ0) is 23.1. The van der Waals surface area contributed by atoms with Crippen LogP contribution in [-0.4, -0.2) is 17.6 Å². The smallest absolute Gasteiger partial charge is 0.266 e. The lowest BCUT2D eigenvalue weighted by Gasteiger charge is -2.15. The van der Waals surface area contributed by atoms with Crippen LogP contribution in [0.1, 0.15) is 23.6 Å². The summed E-state index contributed by atoms with van der Waals surface area (Å²) in [4.78, 5) is 12.6. The highest BCUT2D eigenvalue weighted by atomic mass is 127. The number of hydrogen-bond acceptors (Lipinski definition) is 4. The van der Waals surface area contributed by atoms with E-state index in [1.165, 1.54) is 18.2 Å². The second kappa shape index (κ2) is 11.0. The Labute approximate surface area is 205 Å². The molecule has 32 heavy (non-hydrogen) atoms. The standard InChI is InChI=1S/C25H20ClIN2O3/c1-2-32-24-13-16(12-23(27)21(24)14-17-5-3-4-6-22(17)26)11-18(15-28)25(31)29-19-7-9-20(30)10-8-19/h3-13,30H,2,14H2,1H3,(H,29,31)/b18-11+. The molecule has 7 heteroatoms. The molecule has 0 spiro atoms. The van der Waals surface area contributed by atoms with E-state index < -0.39 is 5.91 Å². The average molecular weight is 559 g/mol. The van der Waals surface area contributed by atoms with Gasteiger partial charge in [-0.05, 0) is 89.2 Å². The molecular weight excluding hydrogens is 539 g/mol. The summed E-state index contributed by atoms with van der Waals surface area (Å²) in [5.74, 6) is 0.238. The monoisotopic (exact) mass is 558 g/mol. The molecule has 3 aromatic carbocycles. The molecule has 0 bridgehead atoms. The molecule has 0 aliphatic heterocycles. The number of carbonyl (C=O) groups is 1. The lowest BCUT2D eigenvalue weighted by molar-refractivity contribution is -0.112. The van der Waals surface area contributed by atoms with Gasteiger partial charge in [-0.3, -0.25) is 4.79 Å². The largest absolute Gasteiger partial charge is 0.508 e. The second-order valence-corrected chi connectivity index (χ2v) is 8.42. The Bertz CT molecular complexity index is 1200. The van der Waals surface area contributed by atoms with Crippen molar-refractivity contribution in [3.8, 4) is 17.6 Å². The lowest BCUT2D eigenvalue weighted by atomic mass is 10.0. The summed E-state index contributed by atoms with van der Waals surface area (Å²) in [7, 11) is 0. The number of benzene rings is 3. The normalized spacial score (nSPS) is 11.0. The van der Waals surface area contributed by atoms with Crippen molar-refractivity contribution in [1.29, 1.82) is 5.26 Å². The maximum absolute atomic E-state index is 12.6. The third-order valence-corrected chi connectivity index (χ3v) is 5.93. The number of nitrogens with zero attached hydrogens (tertiary/aromatic N) is 1. The lowest BCUT2D eigenvalue weighted by Crippen LogP contribution is -2.13. The van der Waals surface area contributed by atoms with Crippen molar-refractivity contribution in [2.24, 2.45) is 0 Å². The molecule has 0 heterocycles. The summed E-state index contributed by atoms with van der Waals surface area (Å²) < 4.78 is 6.81. The Kier molecular flexibility index (Phi) is 8.14. The number of ether oxygens (including phenoxy) is 1. The molecule has 162 valence electrons. The quantitative estimate of drug-likeness (QED) is 0.157. The van der Waals surface area contributed by atoms with E-state index in [0.29, 0.717) is 35.1 Å². The van der Waals surface area contributed by atoms with Gasteiger partial charge in [-0.1, -0.05) is 29.8 Å². The van der Waals surface area contributed by atoms with E-state index in [0.717, 1.165) is 14.7 Å². The summed E-state index contributed by atoms with van der Waals surface area (Å²) in [6.45, 7) is 2.38. The zero-order valence-corrected chi connectivity index (χ0v) is 20.1. The number of aromatic hydroxyl groups is 1. The number of nitrogens with one attached hydrogen (secondary N) is 1. The molecule has 0 fully saturated rings. The van der Waals surface area contributed by atoms with E-state index >= 15 is 0 Å². The predicted octanol–water partition coefficient (Wildman–Crippen LogP) is 6.19. The number of amides is 1. The first-order valence-electron chi connectivity index (χ1n) is 9.82. The molecular formula is C25H20ClIN2O3. The van der Waals surface area contributed by atoms with E-state index in [2.05, 4.69) is 27.9 Å². The van der Waals surface area contributed by atoms with E-state index in [9.17, 15) is 15.2 Å². The molecule has 0 radical (unpaired) electrons. The van der Waals surface area contributed by atoms with Crippen LogP contribution in [0.2, 0.25) is 5.02 Å². The van der Waals surface area contributed by atoms with E-state index in [1.54, 1.807) is 12.1 Å². The highest BCUT2D eigenvalue weighted by Gasteiger charge is 2.15. The van der Waals surface area contributed by atoms with Crippen molar-refractivity contribution in [3.05, 3.63) is 91.5 Å². The van der Waals surface area contributed by atoms with Crippen LogP contribution in [0.5, 0.6) is 11.5 Å². The Morgan fingerprint density at radius 3 is 2.59 bits per heavy atom. The van der Waals surface area contributed by atoms with Crippen molar-refractivity contribution >= 4 is 51.9 Å². The van der Waals surface area contributed by atoms with Crippen LogP contribution in [0.15, 0.2) is 66.2 Å².